The molecule has 2 heterocycles. The van der Waals surface area contributed by atoms with Crippen molar-refractivity contribution in [1.29, 1.82) is 0 Å². The summed E-state index contributed by atoms with van der Waals surface area (Å²) in [6.07, 6.45) is 7.83. The van der Waals surface area contributed by atoms with E-state index >= 15 is 0 Å². The zero-order valence-electron chi connectivity index (χ0n) is 14.1. The van der Waals surface area contributed by atoms with Crippen molar-refractivity contribution in [2.75, 3.05) is 21.2 Å². The van der Waals surface area contributed by atoms with Crippen LogP contribution in [0.25, 0.3) is 11.1 Å². The molecule has 0 amide bonds. The molecule has 0 spiro atoms. The number of nitrogens with one attached hydrogen (secondary N) is 1. The second-order valence-corrected chi connectivity index (χ2v) is 5.14. The zero-order chi connectivity index (χ0) is 16.8. The lowest BCUT2D eigenvalue weighted by atomic mass is 10.1. The first-order chi connectivity index (χ1) is 11.1. The molecule has 0 fully saturated rings. The number of furan rings is 1. The summed E-state index contributed by atoms with van der Waals surface area (Å²) >= 11 is 0. The van der Waals surface area contributed by atoms with Crippen molar-refractivity contribution in [3.05, 3.63) is 60.7 Å². The van der Waals surface area contributed by atoms with Gasteiger partial charge in [-0.05, 0) is 25.1 Å². The second-order valence-electron chi connectivity index (χ2n) is 5.14. The number of hydrogen-bond acceptors (Lipinski definition) is 5. The first kappa shape index (κ1) is 16.7. The van der Waals surface area contributed by atoms with Crippen molar-refractivity contribution >= 4 is 0 Å². The third kappa shape index (κ3) is 3.94. The highest BCUT2D eigenvalue weighted by molar-refractivity contribution is 5.63. The Morgan fingerprint density at radius 2 is 2.17 bits per heavy atom. The molecule has 2 aromatic rings. The largest absolute Gasteiger partial charge is 0.495 e. The molecule has 0 aliphatic heterocycles. The van der Waals surface area contributed by atoms with Crippen LogP contribution in [0, 0.1) is 0 Å². The highest BCUT2D eigenvalue weighted by Crippen LogP contribution is 2.26. The van der Waals surface area contributed by atoms with Gasteiger partial charge in [0.1, 0.15) is 17.3 Å². The number of nitrogens with zero attached hydrogens (tertiary/aromatic N) is 2. The Bertz CT molecular complexity index is 704. The van der Waals surface area contributed by atoms with Crippen LogP contribution in [0.1, 0.15) is 12.7 Å². The lowest BCUT2D eigenvalue weighted by molar-refractivity contribution is 0.413. The summed E-state index contributed by atoms with van der Waals surface area (Å²) in [5, 5.41) is 3.14. The van der Waals surface area contributed by atoms with Crippen molar-refractivity contribution < 1.29 is 9.15 Å². The van der Waals surface area contributed by atoms with Crippen LogP contribution in [0.15, 0.2) is 59.4 Å². The number of hydrogen-bond donors (Lipinski definition) is 1. The van der Waals surface area contributed by atoms with Crippen LogP contribution in [-0.4, -0.2) is 31.1 Å². The molecule has 122 valence electrons. The summed E-state index contributed by atoms with van der Waals surface area (Å²) in [6, 6.07) is 3.94. The number of aromatic nitrogens is 1. The van der Waals surface area contributed by atoms with E-state index in [1.54, 1.807) is 25.8 Å². The van der Waals surface area contributed by atoms with Gasteiger partial charge < -0.3 is 19.4 Å². The summed E-state index contributed by atoms with van der Waals surface area (Å²) in [5.41, 5.74) is 2.88. The normalized spacial score (nSPS) is 11.2. The molecule has 1 N–H and O–H groups in total. The third-order valence-electron chi connectivity index (χ3n) is 3.68. The van der Waals surface area contributed by atoms with Crippen molar-refractivity contribution in [3.63, 3.8) is 0 Å². The van der Waals surface area contributed by atoms with Crippen LogP contribution in [-0.2, 0) is 6.42 Å². The number of allylic oxidation sites excluding steroid dienone is 2. The minimum Gasteiger partial charge on any atom is -0.495 e. The van der Waals surface area contributed by atoms with Crippen LogP contribution in [0.3, 0.4) is 0 Å². The van der Waals surface area contributed by atoms with E-state index in [2.05, 4.69) is 16.9 Å². The van der Waals surface area contributed by atoms with Gasteiger partial charge in [0.2, 0.25) is 0 Å². The SMILES string of the molecule is C=C(Cc1cc(-c2cncc(OC)c2)co1)N(C)/C(=C\C)NC. The average Bonchev–Trinajstić information content (AvgIpc) is 3.04. The monoisotopic (exact) mass is 313 g/mol. The average molecular weight is 313 g/mol. The summed E-state index contributed by atoms with van der Waals surface area (Å²) in [4.78, 5) is 6.18. The Balaban J connectivity index is 2.12. The van der Waals surface area contributed by atoms with E-state index < -0.39 is 0 Å². The van der Waals surface area contributed by atoms with Gasteiger partial charge in [0.05, 0.1) is 19.6 Å². The first-order valence-corrected chi connectivity index (χ1v) is 7.41. The van der Waals surface area contributed by atoms with Crippen molar-refractivity contribution in [3.8, 4) is 16.9 Å². The molecule has 0 radical (unpaired) electrons. The van der Waals surface area contributed by atoms with Gasteiger partial charge >= 0.3 is 0 Å². The van der Waals surface area contributed by atoms with E-state index in [1.165, 1.54) is 0 Å². The molecule has 5 nitrogen and oxygen atoms in total. The van der Waals surface area contributed by atoms with Crippen molar-refractivity contribution in [2.45, 2.75) is 13.3 Å². The third-order valence-corrected chi connectivity index (χ3v) is 3.68. The minimum atomic E-state index is 0.632. The van der Waals surface area contributed by atoms with E-state index in [0.29, 0.717) is 6.42 Å². The highest BCUT2D eigenvalue weighted by atomic mass is 16.5. The minimum absolute atomic E-state index is 0.632. The van der Waals surface area contributed by atoms with Crippen LogP contribution in [0.2, 0.25) is 0 Å². The quantitative estimate of drug-likeness (QED) is 0.849. The van der Waals surface area contributed by atoms with E-state index in [-0.39, 0.29) is 0 Å². The summed E-state index contributed by atoms with van der Waals surface area (Å²) < 4.78 is 10.9. The summed E-state index contributed by atoms with van der Waals surface area (Å²) in [5.74, 6) is 2.58. The second kappa shape index (κ2) is 7.54. The molecule has 0 aliphatic carbocycles. The molecule has 5 heteroatoms. The molecule has 23 heavy (non-hydrogen) atoms. The predicted molar refractivity (Wildman–Crippen MR) is 91.9 cm³/mol. The Hall–Kier alpha value is -2.69. The maximum Gasteiger partial charge on any atom is 0.137 e. The lowest BCUT2D eigenvalue weighted by Crippen LogP contribution is -2.25. The van der Waals surface area contributed by atoms with Gasteiger partial charge in [0.15, 0.2) is 0 Å². The molecule has 0 saturated heterocycles. The Labute approximate surface area is 137 Å². The van der Waals surface area contributed by atoms with Crippen LogP contribution in [0.5, 0.6) is 5.75 Å². The Morgan fingerprint density at radius 1 is 1.39 bits per heavy atom. The Morgan fingerprint density at radius 3 is 2.83 bits per heavy atom. The summed E-state index contributed by atoms with van der Waals surface area (Å²) in [6.45, 7) is 6.11. The van der Waals surface area contributed by atoms with Gasteiger partial charge in [-0.15, -0.1) is 0 Å². The number of methoxy groups -OCH3 is 1. The van der Waals surface area contributed by atoms with E-state index in [4.69, 9.17) is 9.15 Å². The standard InChI is InChI=1S/C18H23N3O2/c1-6-18(19-3)21(4)13(2)7-16-9-15(12-23-16)14-8-17(22-5)11-20-10-14/h6,8-12,19H,2,7H2,1,3-5H3/b18-6-. The highest BCUT2D eigenvalue weighted by Gasteiger charge is 2.11. The molecular formula is C18H23N3O2. The number of ether oxygens (including phenoxy) is 1. The van der Waals surface area contributed by atoms with Gasteiger partial charge in [-0.2, -0.15) is 0 Å². The predicted octanol–water partition coefficient (Wildman–Crippen LogP) is 3.42. The first-order valence-electron chi connectivity index (χ1n) is 7.41. The van der Waals surface area contributed by atoms with Gasteiger partial charge in [-0.1, -0.05) is 6.58 Å². The van der Waals surface area contributed by atoms with Gasteiger partial charge in [-0.3, -0.25) is 4.98 Å². The smallest absolute Gasteiger partial charge is 0.137 e. The van der Waals surface area contributed by atoms with Crippen LogP contribution >= 0.6 is 0 Å². The molecular weight excluding hydrogens is 290 g/mol. The van der Waals surface area contributed by atoms with Crippen molar-refractivity contribution in [2.24, 2.45) is 0 Å². The Kier molecular flexibility index (Phi) is 5.46. The maximum absolute atomic E-state index is 5.66. The number of pyridine rings is 1. The molecule has 0 atom stereocenters. The van der Waals surface area contributed by atoms with Gasteiger partial charge in [0, 0.05) is 43.5 Å². The number of rotatable bonds is 7. The number of likely N-dealkylation sites (N-methyl/N-ethyl adjacent to an activating group) is 1. The molecule has 2 aromatic heterocycles. The van der Waals surface area contributed by atoms with E-state index in [0.717, 1.165) is 34.2 Å². The molecule has 0 bridgehead atoms. The molecule has 0 saturated carbocycles. The van der Waals surface area contributed by atoms with E-state index in [9.17, 15) is 0 Å². The van der Waals surface area contributed by atoms with Gasteiger partial charge in [-0.25, -0.2) is 0 Å². The molecule has 0 aromatic carbocycles. The van der Waals surface area contributed by atoms with Crippen molar-refractivity contribution in [1.82, 2.24) is 15.2 Å². The zero-order valence-corrected chi connectivity index (χ0v) is 14.1. The maximum atomic E-state index is 5.66. The van der Waals surface area contributed by atoms with Gasteiger partial charge in [0.25, 0.3) is 0 Å². The van der Waals surface area contributed by atoms with E-state index in [1.807, 2.05) is 44.1 Å². The fourth-order valence-corrected chi connectivity index (χ4v) is 2.31. The molecule has 0 unspecified atom stereocenters. The van der Waals surface area contributed by atoms with Crippen LogP contribution < -0.4 is 10.1 Å². The molecule has 0 aliphatic rings. The fourth-order valence-electron chi connectivity index (χ4n) is 2.31. The van der Waals surface area contributed by atoms with Crippen LogP contribution in [0.4, 0.5) is 0 Å². The molecule has 2 rings (SSSR count). The summed E-state index contributed by atoms with van der Waals surface area (Å²) in [7, 11) is 5.49. The fraction of sp³-hybridized carbons (Fsp3) is 0.278. The topological polar surface area (TPSA) is 50.5 Å². The lowest BCUT2D eigenvalue weighted by Gasteiger charge is -2.23.